The minimum absolute atomic E-state index is 0.147. The molecule has 3 aromatic rings. The Labute approximate surface area is 191 Å². The largest absolute Gasteiger partial charge is 0.490 e. The van der Waals surface area contributed by atoms with Crippen LogP contribution in [-0.2, 0) is 6.42 Å². The molecule has 1 saturated heterocycles. The standard InChI is InChI=1S/C24H26ClN3O4/c1-16-26-27-23(31-16)20-4-2-3-5-22(20)30-15-19(29)14-28-10-8-24(9-11-28)13-17-12-18(25)6-7-21(17)32-24/h2-7,12,19,29H,8-11,13-15H2,1H3/t19-/m1/s1. The van der Waals surface area contributed by atoms with E-state index >= 15 is 0 Å². The van der Waals surface area contributed by atoms with Gasteiger partial charge < -0.3 is 23.9 Å². The Kier molecular flexibility index (Phi) is 5.80. The molecule has 5 rings (SSSR count). The first-order valence-corrected chi connectivity index (χ1v) is 11.3. The molecule has 2 aliphatic heterocycles. The van der Waals surface area contributed by atoms with Crippen LogP contribution < -0.4 is 9.47 Å². The third kappa shape index (κ3) is 4.46. The van der Waals surface area contributed by atoms with Gasteiger partial charge in [-0.1, -0.05) is 23.7 Å². The summed E-state index contributed by atoms with van der Waals surface area (Å²) >= 11 is 6.14. The fourth-order valence-electron chi connectivity index (χ4n) is 4.54. The molecular weight excluding hydrogens is 430 g/mol. The van der Waals surface area contributed by atoms with Crippen molar-refractivity contribution in [1.29, 1.82) is 0 Å². The fourth-order valence-corrected chi connectivity index (χ4v) is 4.73. The third-order valence-corrected chi connectivity index (χ3v) is 6.41. The number of hydrogen-bond donors (Lipinski definition) is 1. The number of hydrogen-bond acceptors (Lipinski definition) is 7. The Balaban J connectivity index is 1.13. The molecule has 0 amide bonds. The van der Waals surface area contributed by atoms with Crippen LogP contribution in [0, 0.1) is 6.92 Å². The minimum Gasteiger partial charge on any atom is -0.490 e. The molecule has 0 radical (unpaired) electrons. The fraction of sp³-hybridized carbons (Fsp3) is 0.417. The van der Waals surface area contributed by atoms with Crippen LogP contribution in [0.15, 0.2) is 46.9 Å². The quantitative estimate of drug-likeness (QED) is 0.603. The van der Waals surface area contributed by atoms with Crippen molar-refractivity contribution >= 4 is 11.6 Å². The van der Waals surface area contributed by atoms with Crippen LogP contribution in [-0.4, -0.2) is 58.1 Å². The summed E-state index contributed by atoms with van der Waals surface area (Å²) in [5, 5.41) is 19.3. The van der Waals surface area contributed by atoms with E-state index in [1.165, 1.54) is 5.56 Å². The number of aryl methyl sites for hydroxylation is 1. The summed E-state index contributed by atoms with van der Waals surface area (Å²) < 4.78 is 17.7. The molecule has 1 aromatic heterocycles. The molecule has 0 unspecified atom stereocenters. The SMILES string of the molecule is Cc1nnc(-c2ccccc2OC[C@H](O)CN2CCC3(CC2)Cc2cc(Cl)ccc2O3)o1. The molecule has 1 fully saturated rings. The number of aliphatic hydroxyl groups excluding tert-OH is 1. The molecule has 0 aliphatic carbocycles. The summed E-state index contributed by atoms with van der Waals surface area (Å²) in [5.74, 6) is 2.47. The highest BCUT2D eigenvalue weighted by Crippen LogP contribution is 2.42. The van der Waals surface area contributed by atoms with Gasteiger partial charge in [0, 0.05) is 50.8 Å². The molecule has 0 bridgehead atoms. The second-order valence-corrected chi connectivity index (χ2v) is 9.04. The lowest BCUT2D eigenvalue weighted by Crippen LogP contribution is -2.49. The van der Waals surface area contributed by atoms with Crippen molar-refractivity contribution in [2.75, 3.05) is 26.2 Å². The summed E-state index contributed by atoms with van der Waals surface area (Å²) in [7, 11) is 0. The predicted molar refractivity (Wildman–Crippen MR) is 120 cm³/mol. The van der Waals surface area contributed by atoms with E-state index in [9.17, 15) is 5.11 Å². The average molecular weight is 456 g/mol. The molecule has 32 heavy (non-hydrogen) atoms. The van der Waals surface area contributed by atoms with Gasteiger partial charge in [0.15, 0.2) is 0 Å². The Hall–Kier alpha value is -2.61. The van der Waals surface area contributed by atoms with Crippen LogP contribution >= 0.6 is 11.6 Å². The van der Waals surface area contributed by atoms with Gasteiger partial charge in [-0.25, -0.2) is 0 Å². The van der Waals surface area contributed by atoms with Crippen LogP contribution in [0.5, 0.6) is 11.5 Å². The maximum Gasteiger partial charge on any atom is 0.251 e. The molecule has 2 aliphatic rings. The summed E-state index contributed by atoms with van der Waals surface area (Å²) in [6.45, 7) is 4.23. The molecular formula is C24H26ClN3O4. The highest BCUT2D eigenvalue weighted by atomic mass is 35.5. The molecule has 1 atom stereocenters. The normalized spacial score (nSPS) is 18.3. The zero-order valence-electron chi connectivity index (χ0n) is 18.0. The topological polar surface area (TPSA) is 80.9 Å². The number of rotatable bonds is 6. The highest BCUT2D eigenvalue weighted by molar-refractivity contribution is 6.30. The van der Waals surface area contributed by atoms with Crippen molar-refractivity contribution in [3.8, 4) is 23.0 Å². The van der Waals surface area contributed by atoms with E-state index < -0.39 is 6.10 Å². The van der Waals surface area contributed by atoms with Crippen LogP contribution in [0.2, 0.25) is 5.02 Å². The van der Waals surface area contributed by atoms with Gasteiger partial charge in [-0.3, -0.25) is 0 Å². The second kappa shape index (κ2) is 8.73. The minimum atomic E-state index is -0.609. The number of likely N-dealkylation sites (tertiary alicyclic amines) is 1. The maximum absolute atomic E-state index is 10.6. The van der Waals surface area contributed by atoms with Gasteiger partial charge in [-0.15, -0.1) is 10.2 Å². The van der Waals surface area contributed by atoms with E-state index in [2.05, 4.69) is 15.1 Å². The molecule has 168 valence electrons. The van der Waals surface area contributed by atoms with Gasteiger partial charge in [0.25, 0.3) is 5.89 Å². The van der Waals surface area contributed by atoms with Crippen molar-refractivity contribution in [2.24, 2.45) is 0 Å². The Morgan fingerprint density at radius 1 is 1.19 bits per heavy atom. The summed E-state index contributed by atoms with van der Waals surface area (Å²) in [4.78, 5) is 2.27. The summed E-state index contributed by atoms with van der Waals surface area (Å²) in [6.07, 6.45) is 2.13. The van der Waals surface area contributed by atoms with Crippen molar-refractivity contribution in [2.45, 2.75) is 37.9 Å². The van der Waals surface area contributed by atoms with Crippen LogP contribution in [0.25, 0.3) is 11.5 Å². The zero-order valence-corrected chi connectivity index (χ0v) is 18.7. The predicted octanol–water partition coefficient (Wildman–Crippen LogP) is 3.91. The van der Waals surface area contributed by atoms with Gasteiger partial charge in [-0.05, 0) is 35.9 Å². The van der Waals surface area contributed by atoms with Crippen LogP contribution in [0.1, 0.15) is 24.3 Å². The molecule has 3 heterocycles. The van der Waals surface area contributed by atoms with Crippen molar-refractivity contribution in [3.63, 3.8) is 0 Å². The number of halogens is 1. The smallest absolute Gasteiger partial charge is 0.251 e. The first kappa shape index (κ1) is 21.2. The number of ether oxygens (including phenoxy) is 2. The van der Waals surface area contributed by atoms with Crippen LogP contribution in [0.3, 0.4) is 0 Å². The van der Waals surface area contributed by atoms with Gasteiger partial charge in [-0.2, -0.15) is 0 Å². The number of β-amino-alcohol motifs (C(OH)–C–C–N with tert-alkyl or cyclic N) is 1. The first-order chi connectivity index (χ1) is 15.5. The average Bonchev–Trinajstić information content (AvgIpc) is 3.37. The van der Waals surface area contributed by atoms with Crippen molar-refractivity contribution in [3.05, 3.63) is 58.9 Å². The van der Waals surface area contributed by atoms with E-state index in [1.54, 1.807) is 6.92 Å². The monoisotopic (exact) mass is 455 g/mol. The molecule has 2 aromatic carbocycles. The second-order valence-electron chi connectivity index (χ2n) is 8.60. The number of aliphatic hydroxyl groups is 1. The molecule has 1 N–H and O–H groups in total. The maximum atomic E-state index is 10.6. The third-order valence-electron chi connectivity index (χ3n) is 6.17. The van der Waals surface area contributed by atoms with Gasteiger partial charge in [0.1, 0.15) is 29.8 Å². The van der Waals surface area contributed by atoms with E-state index in [-0.39, 0.29) is 12.2 Å². The van der Waals surface area contributed by atoms with E-state index in [1.807, 2.05) is 42.5 Å². The summed E-state index contributed by atoms with van der Waals surface area (Å²) in [6, 6.07) is 13.3. The Bertz CT molecular complexity index is 1090. The van der Waals surface area contributed by atoms with E-state index in [4.69, 9.17) is 25.5 Å². The lowest BCUT2D eigenvalue weighted by atomic mass is 9.87. The molecule has 7 nitrogen and oxygen atoms in total. The first-order valence-electron chi connectivity index (χ1n) is 10.9. The number of benzene rings is 2. The number of piperidine rings is 1. The summed E-state index contributed by atoms with van der Waals surface area (Å²) in [5.41, 5.74) is 1.76. The van der Waals surface area contributed by atoms with Gasteiger partial charge in [0.05, 0.1) is 5.56 Å². The number of aromatic nitrogens is 2. The van der Waals surface area contributed by atoms with Crippen LogP contribution in [0.4, 0.5) is 0 Å². The molecule has 0 saturated carbocycles. The highest BCUT2D eigenvalue weighted by Gasteiger charge is 2.42. The number of fused-ring (bicyclic) bond motifs is 1. The molecule has 1 spiro atoms. The van der Waals surface area contributed by atoms with Gasteiger partial charge >= 0.3 is 0 Å². The van der Waals surface area contributed by atoms with Gasteiger partial charge in [0.2, 0.25) is 5.89 Å². The molecule has 8 heteroatoms. The zero-order chi connectivity index (χ0) is 22.1. The lowest BCUT2D eigenvalue weighted by Gasteiger charge is -2.39. The number of nitrogens with zero attached hydrogens (tertiary/aromatic N) is 3. The van der Waals surface area contributed by atoms with E-state index in [0.717, 1.165) is 48.7 Å². The lowest BCUT2D eigenvalue weighted by molar-refractivity contribution is -0.00192. The van der Waals surface area contributed by atoms with Crippen molar-refractivity contribution in [1.82, 2.24) is 15.1 Å². The Morgan fingerprint density at radius 3 is 2.78 bits per heavy atom. The Morgan fingerprint density at radius 2 is 2.00 bits per heavy atom. The van der Waals surface area contributed by atoms with E-state index in [0.29, 0.717) is 24.1 Å². The number of para-hydroxylation sites is 1. The van der Waals surface area contributed by atoms with Crippen molar-refractivity contribution < 1.29 is 19.0 Å².